The lowest BCUT2D eigenvalue weighted by Crippen LogP contribution is -2.44. The van der Waals surface area contributed by atoms with Gasteiger partial charge in [-0.2, -0.15) is 13.2 Å². The van der Waals surface area contributed by atoms with Crippen molar-refractivity contribution in [3.8, 4) is 0 Å². The van der Waals surface area contributed by atoms with Crippen molar-refractivity contribution in [1.29, 1.82) is 0 Å². The summed E-state index contributed by atoms with van der Waals surface area (Å²) >= 11 is 0. The summed E-state index contributed by atoms with van der Waals surface area (Å²) in [6.45, 7) is 3.29. The number of piperazine rings is 1. The van der Waals surface area contributed by atoms with Crippen molar-refractivity contribution in [2.75, 3.05) is 19.6 Å². The molecule has 1 aromatic rings. The number of hydrogen-bond acceptors (Lipinski definition) is 2. The van der Waals surface area contributed by atoms with Crippen molar-refractivity contribution in [3.05, 3.63) is 40.5 Å². The predicted molar refractivity (Wildman–Crippen MR) is 72.8 cm³/mol. The number of carbonyl (C=O) groups excluding carboxylic acids is 1. The SMILES string of the molecule is C/C=C\c1cc2c(c(C(F)(F)F)c1)C(=O)N1CCNC[C@@H]21. The van der Waals surface area contributed by atoms with E-state index in [-0.39, 0.29) is 11.6 Å². The molecule has 0 spiro atoms. The third-order valence-electron chi connectivity index (χ3n) is 3.93. The topological polar surface area (TPSA) is 32.3 Å². The molecule has 0 bridgehead atoms. The normalized spacial score (nSPS) is 21.8. The number of hydrogen-bond donors (Lipinski definition) is 1. The number of alkyl halides is 3. The standard InChI is InChI=1S/C15H15F3N2O/c1-2-3-9-6-10-12-8-19-4-5-20(12)14(21)13(10)11(7-9)15(16,17)18/h2-3,6-7,12,19H,4-5,8H2,1H3/b3-2-/t12-/m0/s1. The third kappa shape index (κ3) is 2.23. The molecule has 21 heavy (non-hydrogen) atoms. The number of carbonyl (C=O) groups is 1. The fourth-order valence-corrected chi connectivity index (χ4v) is 3.07. The lowest BCUT2D eigenvalue weighted by atomic mass is 9.95. The van der Waals surface area contributed by atoms with Gasteiger partial charge in [0.05, 0.1) is 17.2 Å². The van der Waals surface area contributed by atoms with E-state index in [9.17, 15) is 18.0 Å². The number of rotatable bonds is 1. The molecule has 1 amide bonds. The van der Waals surface area contributed by atoms with Crippen LogP contribution in [0.4, 0.5) is 13.2 Å². The molecule has 1 saturated heterocycles. The minimum atomic E-state index is -4.53. The Kier molecular flexibility index (Phi) is 3.28. The van der Waals surface area contributed by atoms with E-state index in [2.05, 4.69) is 5.32 Å². The number of allylic oxidation sites excluding steroid dienone is 1. The summed E-state index contributed by atoms with van der Waals surface area (Å²) in [6.07, 6.45) is -1.21. The van der Waals surface area contributed by atoms with Gasteiger partial charge in [-0.05, 0) is 30.2 Å². The Morgan fingerprint density at radius 3 is 2.81 bits per heavy atom. The molecule has 0 aliphatic carbocycles. The first kappa shape index (κ1) is 14.1. The van der Waals surface area contributed by atoms with Crippen LogP contribution in [0.2, 0.25) is 0 Å². The molecule has 0 unspecified atom stereocenters. The van der Waals surface area contributed by atoms with Gasteiger partial charge in [-0.1, -0.05) is 12.2 Å². The van der Waals surface area contributed by atoms with Crippen molar-refractivity contribution < 1.29 is 18.0 Å². The summed E-state index contributed by atoms with van der Waals surface area (Å²) in [6, 6.07) is 2.45. The van der Waals surface area contributed by atoms with Crippen LogP contribution in [0, 0.1) is 0 Å². The fraction of sp³-hybridized carbons (Fsp3) is 0.400. The molecule has 6 heteroatoms. The monoisotopic (exact) mass is 296 g/mol. The van der Waals surface area contributed by atoms with Crippen LogP contribution in [0.25, 0.3) is 6.08 Å². The molecule has 1 N–H and O–H groups in total. The van der Waals surface area contributed by atoms with E-state index in [1.165, 1.54) is 4.90 Å². The second kappa shape index (κ2) is 4.87. The summed E-state index contributed by atoms with van der Waals surface area (Å²) in [4.78, 5) is 13.9. The second-order valence-electron chi connectivity index (χ2n) is 5.25. The Labute approximate surface area is 120 Å². The maximum Gasteiger partial charge on any atom is 0.417 e. The molecule has 2 aliphatic rings. The van der Waals surface area contributed by atoms with Crippen molar-refractivity contribution in [3.63, 3.8) is 0 Å². The van der Waals surface area contributed by atoms with Gasteiger partial charge in [-0.15, -0.1) is 0 Å². The molecule has 112 valence electrons. The molecular formula is C15H15F3N2O. The van der Waals surface area contributed by atoms with E-state index < -0.39 is 17.6 Å². The Balaban J connectivity index is 2.22. The Bertz CT molecular complexity index is 622. The van der Waals surface area contributed by atoms with Gasteiger partial charge in [-0.25, -0.2) is 0 Å². The average Bonchev–Trinajstić information content (AvgIpc) is 2.72. The highest BCUT2D eigenvalue weighted by Gasteiger charge is 2.45. The van der Waals surface area contributed by atoms with Crippen LogP contribution >= 0.6 is 0 Å². The van der Waals surface area contributed by atoms with E-state index in [0.717, 1.165) is 6.07 Å². The summed E-state index contributed by atoms with van der Waals surface area (Å²) in [5, 5.41) is 3.13. The number of nitrogens with zero attached hydrogens (tertiary/aromatic N) is 1. The van der Waals surface area contributed by atoms with Crippen LogP contribution in [0.3, 0.4) is 0 Å². The minimum Gasteiger partial charge on any atom is -0.329 e. The predicted octanol–water partition coefficient (Wildman–Crippen LogP) is 2.84. The molecule has 3 rings (SSSR count). The van der Waals surface area contributed by atoms with E-state index in [0.29, 0.717) is 30.8 Å². The van der Waals surface area contributed by atoms with Gasteiger partial charge in [0.2, 0.25) is 0 Å². The number of halogens is 3. The molecular weight excluding hydrogens is 281 g/mol. The van der Waals surface area contributed by atoms with Gasteiger partial charge in [0, 0.05) is 19.6 Å². The zero-order valence-electron chi connectivity index (χ0n) is 11.5. The van der Waals surface area contributed by atoms with Crippen LogP contribution in [0.15, 0.2) is 18.2 Å². The van der Waals surface area contributed by atoms with E-state index in [1.54, 1.807) is 25.1 Å². The first-order chi connectivity index (χ1) is 9.93. The molecule has 2 heterocycles. The average molecular weight is 296 g/mol. The number of amides is 1. The smallest absolute Gasteiger partial charge is 0.329 e. The zero-order chi connectivity index (χ0) is 15.2. The van der Waals surface area contributed by atoms with Crippen LogP contribution in [-0.4, -0.2) is 30.4 Å². The van der Waals surface area contributed by atoms with Crippen molar-refractivity contribution in [1.82, 2.24) is 10.2 Å². The summed E-state index contributed by atoms with van der Waals surface area (Å²) in [5.41, 5.74) is -0.0455. The quantitative estimate of drug-likeness (QED) is 0.864. The molecule has 0 aromatic heterocycles. The van der Waals surface area contributed by atoms with Crippen LogP contribution in [0.5, 0.6) is 0 Å². The maximum atomic E-state index is 13.3. The number of benzene rings is 1. The van der Waals surface area contributed by atoms with Gasteiger partial charge in [0.25, 0.3) is 5.91 Å². The van der Waals surface area contributed by atoms with Crippen molar-refractivity contribution >= 4 is 12.0 Å². The maximum absolute atomic E-state index is 13.3. The van der Waals surface area contributed by atoms with Crippen LogP contribution in [-0.2, 0) is 6.18 Å². The lowest BCUT2D eigenvalue weighted by molar-refractivity contribution is -0.137. The zero-order valence-corrected chi connectivity index (χ0v) is 11.5. The highest BCUT2D eigenvalue weighted by atomic mass is 19.4. The van der Waals surface area contributed by atoms with Crippen LogP contribution < -0.4 is 5.32 Å². The van der Waals surface area contributed by atoms with E-state index >= 15 is 0 Å². The molecule has 0 radical (unpaired) electrons. The Morgan fingerprint density at radius 1 is 1.38 bits per heavy atom. The molecule has 1 fully saturated rings. The number of nitrogens with one attached hydrogen (secondary N) is 1. The summed E-state index contributed by atoms with van der Waals surface area (Å²) < 4.78 is 39.9. The first-order valence-corrected chi connectivity index (χ1v) is 6.83. The summed E-state index contributed by atoms with van der Waals surface area (Å²) in [5.74, 6) is -0.504. The van der Waals surface area contributed by atoms with Gasteiger partial charge in [-0.3, -0.25) is 4.79 Å². The molecule has 2 aliphatic heterocycles. The second-order valence-corrected chi connectivity index (χ2v) is 5.25. The lowest BCUT2D eigenvalue weighted by Gasteiger charge is -2.30. The first-order valence-electron chi connectivity index (χ1n) is 6.83. The van der Waals surface area contributed by atoms with E-state index in [1.807, 2.05) is 0 Å². The Hall–Kier alpha value is -1.82. The molecule has 3 nitrogen and oxygen atoms in total. The Morgan fingerprint density at radius 2 is 2.14 bits per heavy atom. The van der Waals surface area contributed by atoms with E-state index in [4.69, 9.17) is 0 Å². The molecule has 0 saturated carbocycles. The fourth-order valence-electron chi connectivity index (χ4n) is 3.07. The van der Waals surface area contributed by atoms with Crippen molar-refractivity contribution in [2.24, 2.45) is 0 Å². The van der Waals surface area contributed by atoms with Gasteiger partial charge in [0.1, 0.15) is 0 Å². The molecule has 1 aromatic carbocycles. The van der Waals surface area contributed by atoms with Crippen LogP contribution in [0.1, 0.15) is 40.0 Å². The largest absolute Gasteiger partial charge is 0.417 e. The third-order valence-corrected chi connectivity index (χ3v) is 3.93. The molecule has 1 atom stereocenters. The van der Waals surface area contributed by atoms with Gasteiger partial charge >= 0.3 is 6.18 Å². The summed E-state index contributed by atoms with van der Waals surface area (Å²) in [7, 11) is 0. The van der Waals surface area contributed by atoms with Gasteiger partial charge in [0.15, 0.2) is 0 Å². The van der Waals surface area contributed by atoms with Gasteiger partial charge < -0.3 is 10.2 Å². The van der Waals surface area contributed by atoms with Crippen molar-refractivity contribution in [2.45, 2.75) is 19.1 Å². The highest BCUT2D eigenvalue weighted by molar-refractivity contribution is 6.01. The number of fused-ring (bicyclic) bond motifs is 3. The highest BCUT2D eigenvalue weighted by Crippen LogP contribution is 2.42. The minimum absolute atomic E-state index is 0.176.